The van der Waals surface area contributed by atoms with E-state index in [1.807, 2.05) is 23.9 Å². The predicted molar refractivity (Wildman–Crippen MR) is 84.2 cm³/mol. The minimum Gasteiger partial charge on any atom is -0.356 e. The van der Waals surface area contributed by atoms with Gasteiger partial charge in [-0.1, -0.05) is 49.0 Å². The minimum absolute atomic E-state index is 0.414. The normalized spacial score (nSPS) is 18.6. The molecule has 0 bridgehead atoms. The van der Waals surface area contributed by atoms with Crippen molar-refractivity contribution in [1.29, 1.82) is 0 Å². The third-order valence-electron chi connectivity index (χ3n) is 3.24. The number of anilines is 1. The van der Waals surface area contributed by atoms with E-state index in [0.717, 1.165) is 17.1 Å². The Hall–Kier alpha value is -1.68. The van der Waals surface area contributed by atoms with Crippen molar-refractivity contribution < 1.29 is 4.52 Å². The topological polar surface area (TPSA) is 29.3 Å². The third kappa shape index (κ3) is 2.75. The van der Waals surface area contributed by atoms with Crippen molar-refractivity contribution in [2.45, 2.75) is 25.6 Å². The predicted octanol–water partition coefficient (Wildman–Crippen LogP) is 4.60. The summed E-state index contributed by atoms with van der Waals surface area (Å²) < 4.78 is 5.29. The van der Waals surface area contributed by atoms with Gasteiger partial charge in [-0.2, -0.15) is 0 Å². The molecular weight excluding hydrogens is 268 g/mol. The summed E-state index contributed by atoms with van der Waals surface area (Å²) in [5.74, 6) is 1.50. The second-order valence-corrected chi connectivity index (χ2v) is 6.53. The lowest BCUT2D eigenvalue weighted by molar-refractivity contribution is 0.412. The maximum absolute atomic E-state index is 5.29. The second-order valence-electron chi connectivity index (χ2n) is 5.31. The molecule has 0 spiro atoms. The van der Waals surface area contributed by atoms with Crippen molar-refractivity contribution in [3.63, 3.8) is 0 Å². The van der Waals surface area contributed by atoms with Crippen LogP contribution in [-0.4, -0.2) is 10.5 Å². The van der Waals surface area contributed by atoms with E-state index in [2.05, 4.69) is 54.4 Å². The largest absolute Gasteiger partial charge is 0.356 e. The summed E-state index contributed by atoms with van der Waals surface area (Å²) in [6.45, 7) is 4.52. The van der Waals surface area contributed by atoms with Gasteiger partial charge >= 0.3 is 0 Å². The molecule has 1 atom stereocenters. The molecule has 20 heavy (non-hydrogen) atoms. The smallest absolute Gasteiger partial charge is 0.174 e. The number of hydrogen-bond acceptors (Lipinski definition) is 4. The van der Waals surface area contributed by atoms with Crippen LogP contribution >= 0.6 is 11.8 Å². The van der Waals surface area contributed by atoms with E-state index in [4.69, 9.17) is 4.52 Å². The molecule has 0 amide bonds. The molecule has 1 aromatic carbocycles. The van der Waals surface area contributed by atoms with Crippen molar-refractivity contribution in [1.82, 2.24) is 5.16 Å². The van der Waals surface area contributed by atoms with E-state index in [-0.39, 0.29) is 0 Å². The van der Waals surface area contributed by atoms with Crippen molar-refractivity contribution in [3.8, 4) is 0 Å². The third-order valence-corrected chi connectivity index (χ3v) is 4.49. The van der Waals surface area contributed by atoms with Gasteiger partial charge in [-0.15, -0.1) is 0 Å². The van der Waals surface area contributed by atoms with Crippen molar-refractivity contribution in [3.05, 3.63) is 54.6 Å². The monoisotopic (exact) mass is 286 g/mol. The summed E-state index contributed by atoms with van der Waals surface area (Å²) >= 11 is 1.85. The molecule has 2 heterocycles. The Labute approximate surface area is 123 Å². The summed E-state index contributed by atoms with van der Waals surface area (Å²) in [4.78, 5) is 3.49. The van der Waals surface area contributed by atoms with Gasteiger partial charge in [0.2, 0.25) is 0 Å². The van der Waals surface area contributed by atoms with Gasteiger partial charge in [0, 0.05) is 18.0 Å². The summed E-state index contributed by atoms with van der Waals surface area (Å²) in [5.41, 5.74) is 1.22. The van der Waals surface area contributed by atoms with Gasteiger partial charge in [-0.05, 0) is 24.5 Å². The first-order valence-corrected chi connectivity index (χ1v) is 7.75. The van der Waals surface area contributed by atoms with Gasteiger partial charge in [-0.3, -0.25) is 0 Å². The first kappa shape index (κ1) is 13.3. The Balaban J connectivity index is 1.90. The second kappa shape index (κ2) is 5.75. The fraction of sp³-hybridized carbons (Fsp3) is 0.312. The van der Waals surface area contributed by atoms with Gasteiger partial charge < -0.3 is 9.42 Å². The lowest BCUT2D eigenvalue weighted by atomic mass is 10.1. The molecule has 0 fully saturated rings. The van der Waals surface area contributed by atoms with Crippen molar-refractivity contribution in [2.75, 3.05) is 4.90 Å². The maximum Gasteiger partial charge on any atom is 0.174 e. The summed E-state index contributed by atoms with van der Waals surface area (Å²) in [6, 6.07) is 12.4. The SMILES string of the molecule is CC(C)CC1SC(c2ccno2)=CN1c1ccccc1. The Kier molecular flexibility index (Phi) is 3.83. The lowest BCUT2D eigenvalue weighted by Gasteiger charge is -2.26. The van der Waals surface area contributed by atoms with Crippen LogP contribution in [-0.2, 0) is 0 Å². The number of benzene rings is 1. The number of aromatic nitrogens is 1. The number of para-hydroxylation sites is 1. The van der Waals surface area contributed by atoms with Crippen LogP contribution in [0, 0.1) is 5.92 Å². The average Bonchev–Trinajstić information content (AvgIpc) is 3.08. The quantitative estimate of drug-likeness (QED) is 0.821. The van der Waals surface area contributed by atoms with Crippen LogP contribution < -0.4 is 4.90 Å². The molecule has 3 rings (SSSR count). The lowest BCUT2D eigenvalue weighted by Crippen LogP contribution is -2.25. The molecule has 1 aliphatic rings. The highest BCUT2D eigenvalue weighted by molar-refractivity contribution is 8.09. The highest BCUT2D eigenvalue weighted by atomic mass is 32.2. The van der Waals surface area contributed by atoms with E-state index in [1.54, 1.807) is 6.20 Å². The number of hydrogen-bond donors (Lipinski definition) is 0. The van der Waals surface area contributed by atoms with Crippen LogP contribution in [0.25, 0.3) is 4.91 Å². The Morgan fingerprint density at radius 2 is 2.05 bits per heavy atom. The van der Waals surface area contributed by atoms with Crippen LogP contribution in [0.1, 0.15) is 26.0 Å². The molecular formula is C16H18N2OS. The maximum atomic E-state index is 5.29. The number of nitrogens with zero attached hydrogens (tertiary/aromatic N) is 2. The average molecular weight is 286 g/mol. The van der Waals surface area contributed by atoms with E-state index in [0.29, 0.717) is 11.3 Å². The molecule has 104 valence electrons. The zero-order valence-corrected chi connectivity index (χ0v) is 12.5. The Morgan fingerprint density at radius 3 is 2.70 bits per heavy atom. The van der Waals surface area contributed by atoms with Crippen LogP contribution in [0.2, 0.25) is 0 Å². The molecule has 1 aromatic heterocycles. The van der Waals surface area contributed by atoms with Crippen LogP contribution in [0.3, 0.4) is 0 Å². The van der Waals surface area contributed by atoms with Gasteiger partial charge in [0.1, 0.15) is 0 Å². The molecule has 3 nitrogen and oxygen atoms in total. The van der Waals surface area contributed by atoms with Crippen LogP contribution in [0.4, 0.5) is 5.69 Å². The molecule has 0 saturated carbocycles. The molecule has 0 saturated heterocycles. The van der Waals surface area contributed by atoms with E-state index in [1.165, 1.54) is 5.69 Å². The fourth-order valence-electron chi connectivity index (χ4n) is 2.31. The molecule has 1 unspecified atom stereocenters. The Morgan fingerprint density at radius 1 is 1.25 bits per heavy atom. The van der Waals surface area contributed by atoms with Crippen LogP contribution in [0.5, 0.6) is 0 Å². The van der Waals surface area contributed by atoms with E-state index >= 15 is 0 Å². The molecule has 0 aliphatic carbocycles. The fourth-order valence-corrected chi connectivity index (χ4v) is 3.78. The summed E-state index contributed by atoms with van der Waals surface area (Å²) in [5, 5.41) is 4.22. The highest BCUT2D eigenvalue weighted by Crippen LogP contribution is 2.43. The standard InChI is InChI=1S/C16H18N2OS/c1-12(2)10-16-18(13-6-4-3-5-7-13)11-15(20-16)14-8-9-17-19-14/h3-9,11-12,16H,10H2,1-2H3. The highest BCUT2D eigenvalue weighted by Gasteiger charge is 2.29. The molecule has 0 radical (unpaired) electrons. The molecule has 4 heteroatoms. The van der Waals surface area contributed by atoms with Crippen molar-refractivity contribution in [2.24, 2.45) is 5.92 Å². The summed E-state index contributed by atoms with van der Waals surface area (Å²) in [7, 11) is 0. The number of thioether (sulfide) groups is 1. The van der Waals surface area contributed by atoms with E-state index < -0.39 is 0 Å². The van der Waals surface area contributed by atoms with Gasteiger partial charge in [0.05, 0.1) is 16.5 Å². The first-order valence-electron chi connectivity index (χ1n) is 6.87. The van der Waals surface area contributed by atoms with Gasteiger partial charge in [0.15, 0.2) is 5.76 Å². The van der Waals surface area contributed by atoms with E-state index in [9.17, 15) is 0 Å². The van der Waals surface area contributed by atoms with Gasteiger partial charge in [0.25, 0.3) is 0 Å². The zero-order valence-electron chi connectivity index (χ0n) is 11.7. The minimum atomic E-state index is 0.414. The van der Waals surface area contributed by atoms with Crippen LogP contribution in [0.15, 0.2) is 53.3 Å². The molecule has 2 aromatic rings. The number of rotatable bonds is 4. The molecule has 0 N–H and O–H groups in total. The molecule has 1 aliphatic heterocycles. The van der Waals surface area contributed by atoms with Crippen molar-refractivity contribution >= 4 is 22.4 Å². The first-order chi connectivity index (χ1) is 9.74. The van der Waals surface area contributed by atoms with Gasteiger partial charge in [-0.25, -0.2) is 0 Å². The summed E-state index contributed by atoms with van der Waals surface area (Å²) in [6.07, 6.45) is 5.00. The Bertz CT molecular complexity index is 578. The zero-order chi connectivity index (χ0) is 13.9.